The molecule has 12 heavy (non-hydrogen) atoms. The molecular formula is C10H16O2. The molecule has 1 aliphatic carbocycles. The van der Waals surface area contributed by atoms with Crippen LogP contribution in [0.4, 0.5) is 0 Å². The van der Waals surface area contributed by atoms with Gasteiger partial charge in [-0.3, -0.25) is 5.26 Å². The van der Waals surface area contributed by atoms with E-state index in [0.717, 1.165) is 6.42 Å². The monoisotopic (exact) mass is 168 g/mol. The molecule has 0 heterocycles. The smallest absolute Gasteiger partial charge is 0.127 e. The van der Waals surface area contributed by atoms with Crippen molar-refractivity contribution in [2.24, 2.45) is 5.92 Å². The Morgan fingerprint density at radius 3 is 2.58 bits per heavy atom. The SMILES string of the molecule is CC1=CCC(OO)(C(C)C)C=C1. The molecular weight excluding hydrogens is 152 g/mol. The molecule has 1 N–H and O–H groups in total. The summed E-state index contributed by atoms with van der Waals surface area (Å²) in [5.41, 5.74) is 0.725. The van der Waals surface area contributed by atoms with Crippen LogP contribution in [-0.2, 0) is 4.89 Å². The predicted octanol–water partition coefficient (Wildman–Crippen LogP) is 2.78. The summed E-state index contributed by atoms with van der Waals surface area (Å²) in [6, 6.07) is 0. The Labute approximate surface area is 73.5 Å². The molecule has 0 spiro atoms. The Balaban J connectivity index is 2.80. The molecule has 0 saturated heterocycles. The summed E-state index contributed by atoms with van der Waals surface area (Å²) in [7, 11) is 0. The zero-order valence-electron chi connectivity index (χ0n) is 7.87. The molecule has 1 aliphatic rings. The largest absolute Gasteiger partial charge is 0.251 e. The van der Waals surface area contributed by atoms with Gasteiger partial charge in [-0.05, 0) is 18.9 Å². The molecule has 0 amide bonds. The van der Waals surface area contributed by atoms with Crippen LogP contribution in [0, 0.1) is 5.92 Å². The van der Waals surface area contributed by atoms with Crippen LogP contribution < -0.4 is 0 Å². The van der Waals surface area contributed by atoms with E-state index in [4.69, 9.17) is 5.26 Å². The van der Waals surface area contributed by atoms with Gasteiger partial charge in [0.05, 0.1) is 0 Å². The molecule has 0 fully saturated rings. The van der Waals surface area contributed by atoms with Crippen molar-refractivity contribution in [3.63, 3.8) is 0 Å². The average molecular weight is 168 g/mol. The van der Waals surface area contributed by atoms with E-state index in [1.165, 1.54) is 5.57 Å². The Bertz CT molecular complexity index is 216. The van der Waals surface area contributed by atoms with E-state index in [9.17, 15) is 0 Å². The highest BCUT2D eigenvalue weighted by Crippen LogP contribution is 2.31. The standard InChI is InChI=1S/C10H16O2/c1-8(2)10(12-11)6-4-9(3)5-7-10/h4-6,8,11H,7H2,1-3H3. The second-order valence-electron chi connectivity index (χ2n) is 3.69. The van der Waals surface area contributed by atoms with Gasteiger partial charge < -0.3 is 0 Å². The molecule has 1 unspecified atom stereocenters. The van der Waals surface area contributed by atoms with Crippen molar-refractivity contribution in [3.8, 4) is 0 Å². The van der Waals surface area contributed by atoms with Crippen LogP contribution in [0.2, 0.25) is 0 Å². The maximum Gasteiger partial charge on any atom is 0.127 e. The van der Waals surface area contributed by atoms with Gasteiger partial charge in [-0.15, -0.1) is 0 Å². The lowest BCUT2D eigenvalue weighted by Gasteiger charge is -2.32. The molecule has 0 aliphatic heterocycles. The van der Waals surface area contributed by atoms with Gasteiger partial charge in [0, 0.05) is 6.42 Å². The zero-order valence-corrected chi connectivity index (χ0v) is 7.87. The van der Waals surface area contributed by atoms with Crippen molar-refractivity contribution in [2.75, 3.05) is 0 Å². The molecule has 2 heteroatoms. The number of hydrogen-bond acceptors (Lipinski definition) is 2. The van der Waals surface area contributed by atoms with Crippen molar-refractivity contribution in [2.45, 2.75) is 32.8 Å². The average Bonchev–Trinajstić information content (AvgIpc) is 2.06. The van der Waals surface area contributed by atoms with E-state index in [1.807, 2.05) is 32.9 Å². The van der Waals surface area contributed by atoms with E-state index in [2.05, 4.69) is 11.0 Å². The van der Waals surface area contributed by atoms with Crippen LogP contribution in [-0.4, -0.2) is 10.9 Å². The highest BCUT2D eigenvalue weighted by Gasteiger charge is 2.33. The Kier molecular flexibility index (Phi) is 2.70. The molecule has 0 radical (unpaired) electrons. The lowest BCUT2D eigenvalue weighted by Crippen LogP contribution is -2.35. The normalized spacial score (nSPS) is 29.2. The maximum atomic E-state index is 8.82. The number of hydrogen-bond donors (Lipinski definition) is 1. The van der Waals surface area contributed by atoms with Crippen LogP contribution in [0.25, 0.3) is 0 Å². The van der Waals surface area contributed by atoms with E-state index in [0.29, 0.717) is 0 Å². The van der Waals surface area contributed by atoms with E-state index >= 15 is 0 Å². The zero-order chi connectivity index (χ0) is 9.19. The van der Waals surface area contributed by atoms with Crippen molar-refractivity contribution >= 4 is 0 Å². The summed E-state index contributed by atoms with van der Waals surface area (Å²) in [5.74, 6) is 0.281. The Hall–Kier alpha value is -0.600. The molecule has 1 rings (SSSR count). The van der Waals surface area contributed by atoms with Crippen molar-refractivity contribution in [3.05, 3.63) is 23.8 Å². The van der Waals surface area contributed by atoms with Gasteiger partial charge in [0.25, 0.3) is 0 Å². The fourth-order valence-electron chi connectivity index (χ4n) is 1.33. The number of rotatable bonds is 2. The van der Waals surface area contributed by atoms with Gasteiger partial charge in [0.1, 0.15) is 5.60 Å². The van der Waals surface area contributed by atoms with Crippen LogP contribution in [0.1, 0.15) is 27.2 Å². The second kappa shape index (κ2) is 3.42. The lowest BCUT2D eigenvalue weighted by molar-refractivity contribution is -0.318. The molecule has 0 aromatic rings. The van der Waals surface area contributed by atoms with Crippen LogP contribution >= 0.6 is 0 Å². The first-order valence-corrected chi connectivity index (χ1v) is 4.29. The van der Waals surface area contributed by atoms with Crippen LogP contribution in [0.3, 0.4) is 0 Å². The summed E-state index contributed by atoms with van der Waals surface area (Å²) in [4.78, 5) is 4.56. The molecule has 68 valence electrons. The summed E-state index contributed by atoms with van der Waals surface area (Å²) < 4.78 is 0. The first kappa shape index (κ1) is 9.49. The minimum Gasteiger partial charge on any atom is -0.251 e. The van der Waals surface area contributed by atoms with Crippen LogP contribution in [0.5, 0.6) is 0 Å². The van der Waals surface area contributed by atoms with Gasteiger partial charge in [0.2, 0.25) is 0 Å². The van der Waals surface area contributed by atoms with Crippen molar-refractivity contribution in [1.82, 2.24) is 0 Å². The highest BCUT2D eigenvalue weighted by atomic mass is 17.1. The molecule has 0 bridgehead atoms. The quantitative estimate of drug-likeness (QED) is 0.507. The fourth-order valence-corrected chi connectivity index (χ4v) is 1.33. The molecule has 1 atom stereocenters. The molecule has 2 nitrogen and oxygen atoms in total. The first-order valence-electron chi connectivity index (χ1n) is 4.29. The Morgan fingerprint density at radius 1 is 1.58 bits per heavy atom. The van der Waals surface area contributed by atoms with Gasteiger partial charge in [-0.1, -0.05) is 31.6 Å². The summed E-state index contributed by atoms with van der Waals surface area (Å²) >= 11 is 0. The van der Waals surface area contributed by atoms with Crippen molar-refractivity contribution < 1.29 is 10.1 Å². The second-order valence-corrected chi connectivity index (χ2v) is 3.69. The van der Waals surface area contributed by atoms with Gasteiger partial charge in [-0.25, -0.2) is 4.89 Å². The summed E-state index contributed by atoms with van der Waals surface area (Å²) in [6.45, 7) is 6.11. The third kappa shape index (κ3) is 1.59. The predicted molar refractivity (Wildman–Crippen MR) is 48.8 cm³/mol. The Morgan fingerprint density at radius 2 is 2.25 bits per heavy atom. The van der Waals surface area contributed by atoms with E-state index in [-0.39, 0.29) is 5.92 Å². The lowest BCUT2D eigenvalue weighted by atomic mass is 9.83. The summed E-state index contributed by atoms with van der Waals surface area (Å²) in [5, 5.41) is 8.82. The third-order valence-corrected chi connectivity index (χ3v) is 2.52. The van der Waals surface area contributed by atoms with E-state index < -0.39 is 5.60 Å². The number of allylic oxidation sites excluding steroid dienone is 2. The topological polar surface area (TPSA) is 29.5 Å². The molecule has 0 aromatic carbocycles. The fraction of sp³-hybridized carbons (Fsp3) is 0.600. The van der Waals surface area contributed by atoms with Gasteiger partial charge >= 0.3 is 0 Å². The minimum absolute atomic E-state index is 0.281. The van der Waals surface area contributed by atoms with Crippen LogP contribution in [0.15, 0.2) is 23.8 Å². The highest BCUT2D eigenvalue weighted by molar-refractivity contribution is 5.26. The van der Waals surface area contributed by atoms with Gasteiger partial charge in [-0.2, -0.15) is 0 Å². The van der Waals surface area contributed by atoms with Crippen molar-refractivity contribution in [1.29, 1.82) is 0 Å². The minimum atomic E-state index is -0.500. The molecule has 0 aromatic heterocycles. The third-order valence-electron chi connectivity index (χ3n) is 2.52. The molecule has 0 saturated carbocycles. The van der Waals surface area contributed by atoms with E-state index in [1.54, 1.807) is 0 Å². The summed E-state index contributed by atoms with van der Waals surface area (Å²) in [6.07, 6.45) is 6.76. The van der Waals surface area contributed by atoms with Gasteiger partial charge in [0.15, 0.2) is 0 Å². The maximum absolute atomic E-state index is 8.82. The first-order chi connectivity index (χ1) is 5.60.